The van der Waals surface area contributed by atoms with Crippen LogP contribution < -0.4 is 10.6 Å². The lowest BCUT2D eigenvalue weighted by Crippen LogP contribution is -2.31. The van der Waals surface area contributed by atoms with Crippen molar-refractivity contribution in [2.75, 3.05) is 11.9 Å². The van der Waals surface area contributed by atoms with Crippen LogP contribution in [0.25, 0.3) is 11.0 Å². The quantitative estimate of drug-likeness (QED) is 0.751. The molecule has 124 valence electrons. The number of imidazole rings is 1. The molecule has 7 heteroatoms. The number of urea groups is 1. The molecule has 2 amide bonds. The van der Waals surface area contributed by atoms with E-state index in [4.69, 9.17) is 11.6 Å². The zero-order valence-corrected chi connectivity index (χ0v) is 13.8. The molecule has 2 aromatic carbocycles. The summed E-state index contributed by atoms with van der Waals surface area (Å²) in [4.78, 5) is 16.4. The molecular formula is C17H16ClFN4O. The molecule has 0 fully saturated rings. The summed E-state index contributed by atoms with van der Waals surface area (Å²) in [6, 6.07) is 11.5. The first-order valence-corrected chi connectivity index (χ1v) is 7.84. The molecule has 3 rings (SSSR count). The van der Waals surface area contributed by atoms with Crippen molar-refractivity contribution >= 4 is 34.4 Å². The number of fused-ring (bicyclic) bond motifs is 1. The number of nitrogens with one attached hydrogen (secondary N) is 2. The summed E-state index contributed by atoms with van der Waals surface area (Å²) in [6.45, 7) is 2.96. The Bertz CT molecular complexity index is 893. The first-order chi connectivity index (χ1) is 11.5. The topological polar surface area (TPSA) is 59.0 Å². The van der Waals surface area contributed by atoms with Gasteiger partial charge in [-0.25, -0.2) is 14.2 Å². The lowest BCUT2D eigenvalue weighted by atomic mass is 10.3. The molecule has 0 bridgehead atoms. The van der Waals surface area contributed by atoms with Crippen molar-refractivity contribution < 1.29 is 9.18 Å². The normalized spacial score (nSPS) is 10.8. The summed E-state index contributed by atoms with van der Waals surface area (Å²) in [5.41, 5.74) is 2.39. The predicted octanol–water partition coefficient (Wildman–Crippen LogP) is 3.96. The van der Waals surface area contributed by atoms with Gasteiger partial charge in [0.15, 0.2) is 0 Å². The van der Waals surface area contributed by atoms with Gasteiger partial charge in [-0.3, -0.25) is 0 Å². The van der Waals surface area contributed by atoms with Crippen LogP contribution in [0.4, 0.5) is 14.9 Å². The number of aromatic nitrogens is 2. The van der Waals surface area contributed by atoms with Crippen molar-refractivity contribution in [3.05, 3.63) is 59.1 Å². The SMILES string of the molecule is Cc1nc2ccccc2n1CCNC(=O)Nc1ccc(F)c(Cl)c1. The largest absolute Gasteiger partial charge is 0.336 e. The third-order valence-corrected chi connectivity index (χ3v) is 3.93. The molecule has 0 radical (unpaired) electrons. The highest BCUT2D eigenvalue weighted by Crippen LogP contribution is 2.19. The Kier molecular flexibility index (Phi) is 4.66. The molecule has 1 aromatic heterocycles. The molecule has 0 unspecified atom stereocenters. The number of halogens is 2. The van der Waals surface area contributed by atoms with Crippen molar-refractivity contribution in [1.29, 1.82) is 0 Å². The Morgan fingerprint density at radius 2 is 2.08 bits per heavy atom. The van der Waals surface area contributed by atoms with E-state index in [-0.39, 0.29) is 11.1 Å². The molecule has 2 N–H and O–H groups in total. The average molecular weight is 347 g/mol. The van der Waals surface area contributed by atoms with Gasteiger partial charge in [0.1, 0.15) is 11.6 Å². The van der Waals surface area contributed by atoms with Crippen molar-refractivity contribution in [3.8, 4) is 0 Å². The number of aryl methyl sites for hydroxylation is 1. The van der Waals surface area contributed by atoms with Crippen LogP contribution >= 0.6 is 11.6 Å². The van der Waals surface area contributed by atoms with Gasteiger partial charge < -0.3 is 15.2 Å². The highest BCUT2D eigenvalue weighted by molar-refractivity contribution is 6.31. The minimum atomic E-state index is -0.523. The Morgan fingerprint density at radius 1 is 1.29 bits per heavy atom. The van der Waals surface area contributed by atoms with Crippen molar-refractivity contribution in [2.45, 2.75) is 13.5 Å². The van der Waals surface area contributed by atoms with Crippen LogP contribution in [0.2, 0.25) is 5.02 Å². The van der Waals surface area contributed by atoms with Gasteiger partial charge in [-0.1, -0.05) is 23.7 Å². The van der Waals surface area contributed by atoms with E-state index < -0.39 is 5.82 Å². The second-order valence-electron chi connectivity index (χ2n) is 5.31. The molecule has 5 nitrogen and oxygen atoms in total. The number of amides is 2. The van der Waals surface area contributed by atoms with Crippen molar-refractivity contribution in [3.63, 3.8) is 0 Å². The number of carbonyl (C=O) groups excluding carboxylic acids is 1. The first kappa shape index (κ1) is 16.3. The monoisotopic (exact) mass is 346 g/mol. The van der Waals surface area contributed by atoms with Crippen LogP contribution in [0.5, 0.6) is 0 Å². The average Bonchev–Trinajstić information content (AvgIpc) is 2.87. The fraction of sp³-hybridized carbons (Fsp3) is 0.176. The van der Waals surface area contributed by atoms with Gasteiger partial charge >= 0.3 is 6.03 Å². The van der Waals surface area contributed by atoms with E-state index in [1.165, 1.54) is 18.2 Å². The van der Waals surface area contributed by atoms with Gasteiger partial charge in [-0.15, -0.1) is 0 Å². The maximum absolute atomic E-state index is 13.1. The minimum Gasteiger partial charge on any atom is -0.336 e. The molecule has 24 heavy (non-hydrogen) atoms. The summed E-state index contributed by atoms with van der Waals surface area (Å²) in [7, 11) is 0. The van der Waals surface area contributed by atoms with Gasteiger partial charge in [0, 0.05) is 18.8 Å². The van der Waals surface area contributed by atoms with Crippen LogP contribution in [0.3, 0.4) is 0 Å². The smallest absolute Gasteiger partial charge is 0.319 e. The summed E-state index contributed by atoms with van der Waals surface area (Å²) in [5, 5.41) is 5.34. The standard InChI is InChI=1S/C17H16ClFN4O/c1-11-21-15-4-2-3-5-16(15)23(11)9-8-20-17(24)22-12-6-7-14(19)13(18)10-12/h2-7,10H,8-9H2,1H3,(H2,20,22,24). The van der Waals surface area contributed by atoms with Gasteiger partial charge in [0.25, 0.3) is 0 Å². The predicted molar refractivity (Wildman–Crippen MR) is 92.9 cm³/mol. The van der Waals surface area contributed by atoms with Gasteiger partial charge in [0.05, 0.1) is 16.1 Å². The fourth-order valence-corrected chi connectivity index (χ4v) is 2.69. The van der Waals surface area contributed by atoms with E-state index >= 15 is 0 Å². The third kappa shape index (κ3) is 3.49. The molecule has 0 spiro atoms. The second kappa shape index (κ2) is 6.88. The molecule has 3 aromatic rings. The van der Waals surface area contributed by atoms with E-state index in [9.17, 15) is 9.18 Å². The van der Waals surface area contributed by atoms with Crippen LogP contribution in [-0.4, -0.2) is 22.1 Å². The highest BCUT2D eigenvalue weighted by atomic mass is 35.5. The van der Waals surface area contributed by atoms with E-state index in [1.807, 2.05) is 35.8 Å². The van der Waals surface area contributed by atoms with Gasteiger partial charge in [-0.2, -0.15) is 0 Å². The fourth-order valence-electron chi connectivity index (χ4n) is 2.51. The maximum atomic E-state index is 13.1. The number of benzene rings is 2. The molecule has 0 atom stereocenters. The summed E-state index contributed by atoms with van der Waals surface area (Å²) in [6.07, 6.45) is 0. The molecule has 0 saturated carbocycles. The molecule has 0 aliphatic carbocycles. The third-order valence-electron chi connectivity index (χ3n) is 3.64. The first-order valence-electron chi connectivity index (χ1n) is 7.46. The van der Waals surface area contributed by atoms with Crippen LogP contribution in [0.1, 0.15) is 5.82 Å². The second-order valence-corrected chi connectivity index (χ2v) is 5.72. The number of carbonyl (C=O) groups is 1. The summed E-state index contributed by atoms with van der Waals surface area (Å²) < 4.78 is 15.1. The Hall–Kier alpha value is -2.60. The molecule has 0 aliphatic heterocycles. The Morgan fingerprint density at radius 3 is 2.88 bits per heavy atom. The van der Waals surface area contributed by atoms with E-state index in [2.05, 4.69) is 15.6 Å². The lowest BCUT2D eigenvalue weighted by molar-refractivity contribution is 0.251. The number of hydrogen-bond acceptors (Lipinski definition) is 2. The minimum absolute atomic E-state index is 0.0340. The zero-order chi connectivity index (χ0) is 17.1. The summed E-state index contributed by atoms with van der Waals surface area (Å²) >= 11 is 5.69. The molecule has 0 saturated heterocycles. The number of rotatable bonds is 4. The van der Waals surface area contributed by atoms with E-state index in [0.717, 1.165) is 16.9 Å². The van der Waals surface area contributed by atoms with E-state index in [1.54, 1.807) is 0 Å². The number of hydrogen-bond donors (Lipinski definition) is 2. The van der Waals surface area contributed by atoms with Crippen LogP contribution in [0, 0.1) is 12.7 Å². The zero-order valence-electron chi connectivity index (χ0n) is 13.0. The molecule has 0 aliphatic rings. The Labute approximate surface area is 143 Å². The van der Waals surface area contributed by atoms with Crippen molar-refractivity contribution in [1.82, 2.24) is 14.9 Å². The highest BCUT2D eigenvalue weighted by Gasteiger charge is 2.08. The number of nitrogens with zero attached hydrogens (tertiary/aromatic N) is 2. The van der Waals surface area contributed by atoms with Gasteiger partial charge in [-0.05, 0) is 37.3 Å². The molecule has 1 heterocycles. The maximum Gasteiger partial charge on any atom is 0.319 e. The summed E-state index contributed by atoms with van der Waals surface area (Å²) in [5.74, 6) is 0.369. The Balaban J connectivity index is 1.58. The van der Waals surface area contributed by atoms with E-state index in [0.29, 0.717) is 18.8 Å². The van der Waals surface area contributed by atoms with Crippen LogP contribution in [0.15, 0.2) is 42.5 Å². The lowest BCUT2D eigenvalue weighted by Gasteiger charge is -2.10. The van der Waals surface area contributed by atoms with Crippen LogP contribution in [-0.2, 0) is 6.54 Å². The van der Waals surface area contributed by atoms with Gasteiger partial charge in [0.2, 0.25) is 0 Å². The number of anilines is 1. The molecular weight excluding hydrogens is 331 g/mol. The number of para-hydroxylation sites is 2. The van der Waals surface area contributed by atoms with Crippen molar-refractivity contribution in [2.24, 2.45) is 0 Å².